The highest BCUT2D eigenvalue weighted by Gasteiger charge is 2.45. The number of rotatable bonds is 3. The molecule has 2 aliphatic heterocycles. The Morgan fingerprint density at radius 3 is 2.75 bits per heavy atom. The molecule has 0 spiro atoms. The van der Waals surface area contributed by atoms with Crippen LogP contribution in [0.15, 0.2) is 24.5 Å². The molecule has 0 aliphatic carbocycles. The highest BCUT2D eigenvalue weighted by atomic mass is 16.2. The third-order valence-corrected chi connectivity index (χ3v) is 4.32. The summed E-state index contributed by atoms with van der Waals surface area (Å²) in [5.41, 5.74) is 1.14. The van der Waals surface area contributed by atoms with Crippen LogP contribution in [0, 0.1) is 0 Å². The van der Waals surface area contributed by atoms with Crippen LogP contribution >= 0.6 is 0 Å². The Morgan fingerprint density at radius 2 is 2.00 bits per heavy atom. The lowest BCUT2D eigenvalue weighted by Crippen LogP contribution is -2.62. The number of hydrogen-bond donors (Lipinski definition) is 0. The second-order valence-corrected chi connectivity index (χ2v) is 5.50. The maximum absolute atomic E-state index is 12.5. The van der Waals surface area contributed by atoms with E-state index in [1.165, 1.54) is 0 Å². The summed E-state index contributed by atoms with van der Waals surface area (Å²) in [6.45, 7) is 3.17. The van der Waals surface area contributed by atoms with Gasteiger partial charge in [0.25, 0.3) is 0 Å². The van der Waals surface area contributed by atoms with Crippen molar-refractivity contribution >= 4 is 11.8 Å². The maximum Gasteiger partial charge on any atom is 0.246 e. The van der Waals surface area contributed by atoms with Crippen LogP contribution in [0.4, 0.5) is 0 Å². The maximum atomic E-state index is 12.5. The molecule has 2 aliphatic rings. The highest BCUT2D eigenvalue weighted by molar-refractivity contribution is 5.97. The Morgan fingerprint density at radius 1 is 1.25 bits per heavy atom. The van der Waals surface area contributed by atoms with Crippen molar-refractivity contribution in [1.29, 1.82) is 0 Å². The van der Waals surface area contributed by atoms with Crippen molar-refractivity contribution in [2.45, 2.75) is 38.3 Å². The Bertz CT molecular complexity index is 517. The summed E-state index contributed by atoms with van der Waals surface area (Å²) in [5, 5.41) is 0. The van der Waals surface area contributed by atoms with E-state index in [2.05, 4.69) is 4.98 Å². The van der Waals surface area contributed by atoms with E-state index in [1.54, 1.807) is 22.2 Å². The predicted molar refractivity (Wildman–Crippen MR) is 73.9 cm³/mol. The van der Waals surface area contributed by atoms with Gasteiger partial charge in [0.15, 0.2) is 0 Å². The molecular weight excluding hydrogens is 254 g/mol. The van der Waals surface area contributed by atoms with Gasteiger partial charge in [0, 0.05) is 25.5 Å². The van der Waals surface area contributed by atoms with Crippen LogP contribution in [0.2, 0.25) is 0 Å². The molecule has 5 nitrogen and oxygen atoms in total. The summed E-state index contributed by atoms with van der Waals surface area (Å²) in [5.74, 6) is 0.213. The second kappa shape index (κ2) is 5.23. The van der Waals surface area contributed by atoms with Gasteiger partial charge in [-0.15, -0.1) is 0 Å². The van der Waals surface area contributed by atoms with Crippen molar-refractivity contribution < 1.29 is 9.59 Å². The van der Waals surface area contributed by atoms with E-state index in [9.17, 15) is 9.59 Å². The minimum absolute atomic E-state index is 0.0989. The van der Waals surface area contributed by atoms with Crippen molar-refractivity contribution in [1.82, 2.24) is 14.8 Å². The summed E-state index contributed by atoms with van der Waals surface area (Å²) in [7, 11) is 0. The van der Waals surface area contributed by atoms with E-state index in [1.807, 2.05) is 19.1 Å². The molecule has 3 rings (SSSR count). The van der Waals surface area contributed by atoms with Gasteiger partial charge in [0.05, 0.1) is 0 Å². The van der Waals surface area contributed by atoms with E-state index in [0.717, 1.165) is 31.4 Å². The number of pyridine rings is 1. The topological polar surface area (TPSA) is 53.5 Å². The van der Waals surface area contributed by atoms with E-state index in [4.69, 9.17) is 0 Å². The van der Waals surface area contributed by atoms with Crippen molar-refractivity contribution in [3.63, 3.8) is 0 Å². The first-order chi connectivity index (χ1) is 9.68. The summed E-state index contributed by atoms with van der Waals surface area (Å²) >= 11 is 0. The summed E-state index contributed by atoms with van der Waals surface area (Å²) < 4.78 is 0. The molecule has 5 heteroatoms. The first-order valence-electron chi connectivity index (χ1n) is 7.18. The van der Waals surface area contributed by atoms with Gasteiger partial charge in [-0.2, -0.15) is 0 Å². The van der Waals surface area contributed by atoms with Crippen LogP contribution in [0.1, 0.15) is 25.3 Å². The first kappa shape index (κ1) is 13.1. The molecule has 1 aromatic heterocycles. The average molecular weight is 273 g/mol. The van der Waals surface area contributed by atoms with Crippen molar-refractivity contribution in [2.75, 3.05) is 13.1 Å². The highest BCUT2D eigenvalue weighted by Crippen LogP contribution is 2.26. The molecule has 2 saturated heterocycles. The quantitative estimate of drug-likeness (QED) is 0.820. The van der Waals surface area contributed by atoms with Gasteiger partial charge in [0.1, 0.15) is 12.1 Å². The Kier molecular flexibility index (Phi) is 3.42. The molecule has 0 saturated carbocycles. The van der Waals surface area contributed by atoms with Crippen molar-refractivity contribution in [2.24, 2.45) is 0 Å². The molecule has 2 fully saturated rings. The van der Waals surface area contributed by atoms with E-state index >= 15 is 0 Å². The normalized spacial score (nSPS) is 26.1. The Hall–Kier alpha value is -1.91. The van der Waals surface area contributed by atoms with Crippen molar-refractivity contribution in [3.8, 4) is 0 Å². The number of carbonyl (C=O) groups is 2. The van der Waals surface area contributed by atoms with Crippen LogP contribution in [0.3, 0.4) is 0 Å². The fourth-order valence-electron chi connectivity index (χ4n) is 3.15. The molecule has 2 amide bonds. The summed E-state index contributed by atoms with van der Waals surface area (Å²) in [6, 6.07) is 3.35. The molecule has 20 heavy (non-hydrogen) atoms. The van der Waals surface area contributed by atoms with Gasteiger partial charge in [0.2, 0.25) is 11.8 Å². The smallest absolute Gasteiger partial charge is 0.246 e. The fraction of sp³-hybridized carbons (Fsp3) is 0.533. The van der Waals surface area contributed by atoms with Gasteiger partial charge in [-0.3, -0.25) is 14.6 Å². The lowest BCUT2D eigenvalue weighted by atomic mass is 10.1. The average Bonchev–Trinajstić information content (AvgIpc) is 2.96. The van der Waals surface area contributed by atoms with Gasteiger partial charge in [-0.05, 0) is 43.9 Å². The molecular formula is C15H19N3O2. The molecule has 3 heterocycles. The minimum Gasteiger partial charge on any atom is -0.329 e. The van der Waals surface area contributed by atoms with E-state index < -0.39 is 0 Å². The number of piperazine rings is 1. The lowest BCUT2D eigenvalue weighted by Gasteiger charge is -2.41. The lowest BCUT2D eigenvalue weighted by molar-refractivity contribution is -0.158. The van der Waals surface area contributed by atoms with Crippen LogP contribution in [0.25, 0.3) is 0 Å². The van der Waals surface area contributed by atoms with Gasteiger partial charge < -0.3 is 9.80 Å². The second-order valence-electron chi connectivity index (χ2n) is 5.50. The SMILES string of the molecule is CC1C(=O)N2CCCC2C(=O)N1CCc1ccncc1. The number of aromatic nitrogens is 1. The number of fused-ring (bicyclic) bond motifs is 1. The van der Waals surface area contributed by atoms with Crippen molar-refractivity contribution in [3.05, 3.63) is 30.1 Å². The number of amides is 2. The predicted octanol–water partition coefficient (Wildman–Crippen LogP) is 0.846. The van der Waals surface area contributed by atoms with E-state index in [-0.39, 0.29) is 23.9 Å². The van der Waals surface area contributed by atoms with Gasteiger partial charge in [-0.25, -0.2) is 0 Å². The molecule has 2 unspecified atom stereocenters. The van der Waals surface area contributed by atoms with Gasteiger partial charge >= 0.3 is 0 Å². The van der Waals surface area contributed by atoms with Crippen LogP contribution in [-0.2, 0) is 16.0 Å². The number of hydrogen-bond acceptors (Lipinski definition) is 3. The molecule has 2 atom stereocenters. The molecule has 0 radical (unpaired) electrons. The molecule has 1 aromatic rings. The minimum atomic E-state index is -0.335. The molecule has 106 valence electrons. The number of nitrogens with zero attached hydrogens (tertiary/aromatic N) is 3. The molecule has 0 bridgehead atoms. The number of carbonyl (C=O) groups excluding carboxylic acids is 2. The summed E-state index contributed by atoms with van der Waals surface area (Å²) in [4.78, 5) is 32.3. The standard InChI is InChI=1S/C15H19N3O2/c1-11-14(19)18-9-2-3-13(18)15(20)17(11)10-6-12-4-7-16-8-5-12/h4-5,7-8,11,13H,2-3,6,9-10H2,1H3. The zero-order valence-electron chi connectivity index (χ0n) is 11.7. The molecule has 0 aromatic carbocycles. The largest absolute Gasteiger partial charge is 0.329 e. The molecule has 0 N–H and O–H groups in total. The third kappa shape index (κ3) is 2.17. The zero-order valence-corrected chi connectivity index (χ0v) is 11.7. The van der Waals surface area contributed by atoms with E-state index in [0.29, 0.717) is 6.54 Å². The monoisotopic (exact) mass is 273 g/mol. The Labute approximate surface area is 118 Å². The zero-order chi connectivity index (χ0) is 14.1. The van der Waals surface area contributed by atoms with Crippen LogP contribution < -0.4 is 0 Å². The van der Waals surface area contributed by atoms with Crippen LogP contribution in [-0.4, -0.2) is 51.8 Å². The third-order valence-electron chi connectivity index (χ3n) is 4.32. The van der Waals surface area contributed by atoms with Gasteiger partial charge in [-0.1, -0.05) is 0 Å². The summed E-state index contributed by atoms with van der Waals surface area (Å²) in [6.07, 6.45) is 6.01. The Balaban J connectivity index is 1.72. The fourth-order valence-corrected chi connectivity index (χ4v) is 3.15. The first-order valence-corrected chi connectivity index (χ1v) is 7.18. The van der Waals surface area contributed by atoms with Crippen LogP contribution in [0.5, 0.6) is 0 Å².